The molecule has 6 aliphatic heterocycles. The maximum atomic E-state index is 15.5. The number of phenolic OH excluding ortho intramolecular Hbond substituents is 1. The molecule has 4 aromatic rings. The monoisotopic (exact) mass is 1170 g/mol. The van der Waals surface area contributed by atoms with Gasteiger partial charge in [-0.2, -0.15) is 0 Å². The first-order valence-corrected chi connectivity index (χ1v) is 33.4. The number of aromatic hydroxyl groups is 1. The fraction of sp³-hybridized carbons (Fsp3) is 0.526. The highest BCUT2D eigenvalue weighted by Crippen LogP contribution is 2.72. The SMILES string of the molecule is CC[C@H](/C=C1\OC(=O)C2=C3c4cc(O)ccc4-c4cccc(c4)CNCCc4cccc(c4)[C@H]4NC[C@](C)(O)CC#C[C@@H](C5(O)CCCCC5)C[C@@H]5C[C@@]([C@@H]6CCN[C@H](NC)C6)(CC=C6OC(=O)C7=C6CC[C@H]6[C@H]3CC[C@@]21[C@@H]76)C[C@@H]54)Cc1ccccc1. The minimum absolute atomic E-state index is 0.0105. The molecule has 11 nitrogen and oxygen atoms in total. The highest BCUT2D eigenvalue weighted by molar-refractivity contribution is 6.07. The maximum absolute atomic E-state index is 15.5. The van der Waals surface area contributed by atoms with Crippen molar-refractivity contribution in [2.24, 2.45) is 58.2 Å². The highest BCUT2D eigenvalue weighted by atomic mass is 16.6. The van der Waals surface area contributed by atoms with Crippen molar-refractivity contribution >= 4 is 17.5 Å². The minimum atomic E-state index is -1.09. The Bertz CT molecular complexity index is 3510. The topological polar surface area (TPSA) is 161 Å². The number of carbonyl (C=O) groups excluding carboxylic acids is 2. The number of cyclic esters (lactones) is 1. The number of piperidine rings is 1. The van der Waals surface area contributed by atoms with Gasteiger partial charge in [0.05, 0.1) is 28.4 Å². The number of β-amino-alcohol motifs (C(OH)–C–C–N with tert-alkyl or cyclic N) is 1. The fourth-order valence-electron chi connectivity index (χ4n) is 19.1. The van der Waals surface area contributed by atoms with Gasteiger partial charge in [-0.15, -0.1) is 0 Å². The van der Waals surface area contributed by atoms with E-state index in [0.717, 1.165) is 155 Å². The average Bonchev–Trinajstić information content (AvgIpc) is 1.64. The molecule has 5 fully saturated rings. The number of esters is 2. The normalized spacial score (nSPS) is 34.6. The third-order valence-electron chi connectivity index (χ3n) is 23.4. The number of ether oxygens (including phenoxy) is 2. The van der Waals surface area contributed by atoms with Crippen LogP contribution in [0.5, 0.6) is 5.75 Å². The zero-order valence-electron chi connectivity index (χ0n) is 51.4. The van der Waals surface area contributed by atoms with Crippen molar-refractivity contribution in [1.29, 1.82) is 0 Å². The van der Waals surface area contributed by atoms with Crippen LogP contribution >= 0.6 is 0 Å². The molecule has 13 atom stereocenters. The van der Waals surface area contributed by atoms with E-state index < -0.39 is 16.6 Å². The standard InChI is InChI=1S/C76H90N4O7/c1-4-47(36-48-14-7-5-8-15-48)39-64-76-33-25-58-59-23-24-60-63(86-71(82)67(60)68(59)76)26-32-74(54-28-35-79-65(41-54)77-3)43-53-40-55(75(85)30-9-6-10-31-75)20-13-29-73(2,84)46-80-70(62(53)44-74)52-19-11-16-49(37-52)27-34-78-45-50-17-12-18-51(38-50)57-22-21-56(81)42-61(57)66(58)69(76)72(83)87-64/h5,7-8,11-12,14-19,21-22,26,37-39,42,47,53-55,58-59,62,65,68,70,77-81,84-85H,4,6,9-10,23-25,27-36,40-41,43-46H2,1-3H3/b63-26?,64-39-/t47-,53+,54+,55+,58+,59-,62-,65-,68+,70+,73+,74-,76+/m0/s1. The van der Waals surface area contributed by atoms with Gasteiger partial charge in [-0.25, -0.2) is 9.59 Å². The lowest BCUT2D eigenvalue weighted by Gasteiger charge is -2.56. The summed E-state index contributed by atoms with van der Waals surface area (Å²) in [5, 5.41) is 51.8. The predicted octanol–water partition coefficient (Wildman–Crippen LogP) is 12.5. The third kappa shape index (κ3) is 10.8. The van der Waals surface area contributed by atoms with Crippen LogP contribution in [0, 0.1) is 70.0 Å². The van der Waals surface area contributed by atoms with E-state index in [2.05, 4.69) is 132 Å². The van der Waals surface area contributed by atoms with Gasteiger partial charge >= 0.3 is 11.9 Å². The van der Waals surface area contributed by atoms with E-state index in [4.69, 9.17) is 9.47 Å². The van der Waals surface area contributed by atoms with E-state index in [0.29, 0.717) is 55.4 Å². The van der Waals surface area contributed by atoms with Gasteiger partial charge in [-0.1, -0.05) is 117 Å². The molecule has 87 heavy (non-hydrogen) atoms. The molecule has 7 N–H and O–H groups in total. The molecule has 0 unspecified atom stereocenters. The summed E-state index contributed by atoms with van der Waals surface area (Å²) in [5.41, 5.74) is 7.85. The van der Waals surface area contributed by atoms with Crippen molar-refractivity contribution in [2.75, 3.05) is 26.7 Å². The van der Waals surface area contributed by atoms with Crippen LogP contribution < -0.4 is 21.3 Å². The average molecular weight is 1170 g/mol. The summed E-state index contributed by atoms with van der Waals surface area (Å²) >= 11 is 0. The van der Waals surface area contributed by atoms with E-state index in [1.54, 1.807) is 6.07 Å². The smallest absolute Gasteiger partial charge is 0.340 e. The molecule has 2 saturated heterocycles. The van der Waals surface area contributed by atoms with Gasteiger partial charge in [-0.05, 0) is 239 Å². The first kappa shape index (κ1) is 58.6. The van der Waals surface area contributed by atoms with Crippen LogP contribution in [-0.2, 0) is 38.4 Å². The van der Waals surface area contributed by atoms with E-state index in [-0.39, 0.29) is 76.7 Å². The zero-order chi connectivity index (χ0) is 59.7. The van der Waals surface area contributed by atoms with E-state index in [9.17, 15) is 15.3 Å². The Labute approximate surface area is 515 Å². The van der Waals surface area contributed by atoms with Crippen molar-refractivity contribution in [3.8, 4) is 28.7 Å². The number of nitrogens with one attached hydrogen (secondary N) is 4. The summed E-state index contributed by atoms with van der Waals surface area (Å²) < 4.78 is 13.6. The summed E-state index contributed by atoms with van der Waals surface area (Å²) in [7, 11) is 2.06. The molecule has 14 bridgehead atoms. The van der Waals surface area contributed by atoms with Gasteiger partial charge < -0.3 is 46.1 Å². The van der Waals surface area contributed by atoms with E-state index >= 15 is 9.59 Å². The lowest BCUT2D eigenvalue weighted by Crippen LogP contribution is -2.52. The van der Waals surface area contributed by atoms with Crippen LogP contribution in [0.2, 0.25) is 0 Å². The Morgan fingerprint density at radius 2 is 1.64 bits per heavy atom. The molecule has 3 saturated carbocycles. The molecule has 4 aromatic carbocycles. The molecule has 0 amide bonds. The fourth-order valence-corrected chi connectivity index (χ4v) is 19.1. The van der Waals surface area contributed by atoms with Crippen LogP contribution in [0.4, 0.5) is 0 Å². The molecule has 12 aliphatic rings. The summed E-state index contributed by atoms with van der Waals surface area (Å²) in [6.07, 6.45) is 20.4. The van der Waals surface area contributed by atoms with Crippen LogP contribution in [0.25, 0.3) is 16.7 Å². The number of allylic oxidation sites excluding steroid dienone is 5. The van der Waals surface area contributed by atoms with Gasteiger partial charge in [0.1, 0.15) is 17.3 Å². The van der Waals surface area contributed by atoms with Gasteiger partial charge in [0, 0.05) is 48.5 Å². The lowest BCUT2D eigenvalue weighted by atomic mass is 9.44. The summed E-state index contributed by atoms with van der Waals surface area (Å²) in [6.45, 7) is 6.80. The summed E-state index contributed by atoms with van der Waals surface area (Å²) in [5.74, 6) is 8.13. The van der Waals surface area contributed by atoms with Gasteiger partial charge in [0.2, 0.25) is 0 Å². The Kier molecular flexibility index (Phi) is 15.9. The molecule has 456 valence electrons. The highest BCUT2D eigenvalue weighted by Gasteiger charge is 2.69. The molecule has 11 heteroatoms. The molecule has 0 radical (unpaired) electrons. The second-order valence-electron chi connectivity index (χ2n) is 28.5. The first-order valence-electron chi connectivity index (χ1n) is 33.4. The van der Waals surface area contributed by atoms with Crippen molar-refractivity contribution in [3.05, 3.63) is 165 Å². The summed E-state index contributed by atoms with van der Waals surface area (Å²) in [4.78, 5) is 30.9. The van der Waals surface area contributed by atoms with Crippen molar-refractivity contribution in [1.82, 2.24) is 21.3 Å². The second-order valence-corrected chi connectivity index (χ2v) is 28.5. The quantitative estimate of drug-likeness (QED) is 0.0697. The Balaban J connectivity index is 0.949. The Morgan fingerprint density at radius 1 is 0.805 bits per heavy atom. The van der Waals surface area contributed by atoms with Gasteiger partial charge in [-0.3, -0.25) is 0 Å². The number of benzene rings is 4. The number of rotatable bonds is 7. The van der Waals surface area contributed by atoms with Crippen molar-refractivity contribution in [2.45, 2.75) is 166 Å². The third-order valence-corrected chi connectivity index (χ3v) is 23.4. The second kappa shape index (κ2) is 23.7. The van der Waals surface area contributed by atoms with Gasteiger partial charge in [0.15, 0.2) is 0 Å². The molecular weight excluding hydrogens is 1080 g/mol. The van der Waals surface area contributed by atoms with E-state index in [1.807, 2.05) is 25.1 Å². The van der Waals surface area contributed by atoms with Crippen molar-refractivity contribution in [3.63, 3.8) is 0 Å². The number of hydrogen-bond acceptors (Lipinski definition) is 11. The van der Waals surface area contributed by atoms with Crippen molar-refractivity contribution < 1.29 is 34.4 Å². The molecule has 6 heterocycles. The number of phenols is 1. The Morgan fingerprint density at radius 3 is 2.48 bits per heavy atom. The number of fused-ring (bicyclic) bond motifs is 5. The maximum Gasteiger partial charge on any atom is 0.340 e. The van der Waals surface area contributed by atoms with Crippen LogP contribution in [0.3, 0.4) is 0 Å². The minimum Gasteiger partial charge on any atom is -0.508 e. The molecule has 16 rings (SSSR count). The van der Waals surface area contributed by atoms with Gasteiger partial charge in [0.25, 0.3) is 0 Å². The largest absolute Gasteiger partial charge is 0.508 e. The number of carbonyl (C=O) groups is 2. The number of aliphatic hydroxyl groups is 2. The molecular formula is C76H90N4O7. The Hall–Kier alpha value is -6.10. The molecule has 6 aliphatic carbocycles. The zero-order valence-corrected chi connectivity index (χ0v) is 51.4. The number of hydrogen-bond donors (Lipinski definition) is 7. The first-order chi connectivity index (χ1) is 42.2. The molecule has 1 spiro atoms. The molecule has 0 aromatic heterocycles. The summed E-state index contributed by atoms with van der Waals surface area (Å²) in [6, 6.07) is 33.9. The van der Waals surface area contributed by atoms with Crippen LogP contribution in [0.1, 0.15) is 157 Å². The lowest BCUT2D eigenvalue weighted by molar-refractivity contribution is -0.135. The van der Waals surface area contributed by atoms with E-state index in [1.165, 1.54) is 16.7 Å². The van der Waals surface area contributed by atoms with Crippen LogP contribution in [-0.4, -0.2) is 71.3 Å². The van der Waals surface area contributed by atoms with Crippen LogP contribution in [0.15, 0.2) is 137 Å². The predicted molar refractivity (Wildman–Crippen MR) is 340 cm³/mol.